The molecule has 0 bridgehead atoms. The maximum Gasteiger partial charge on any atom is 0.317 e. The molecule has 0 saturated carbocycles. The molecule has 7 heteroatoms. The summed E-state index contributed by atoms with van der Waals surface area (Å²) in [5.74, 6) is -0.612. The number of urea groups is 1. The van der Waals surface area contributed by atoms with Gasteiger partial charge < -0.3 is 20.1 Å². The first-order chi connectivity index (χ1) is 10.9. The highest BCUT2D eigenvalue weighted by molar-refractivity contribution is 5.79. The molecule has 23 heavy (non-hydrogen) atoms. The second kappa shape index (κ2) is 7.30. The van der Waals surface area contributed by atoms with E-state index in [2.05, 4.69) is 5.32 Å². The van der Waals surface area contributed by atoms with Gasteiger partial charge in [-0.2, -0.15) is 0 Å². The summed E-state index contributed by atoms with van der Waals surface area (Å²) in [6, 6.07) is 5.49. The van der Waals surface area contributed by atoms with E-state index >= 15 is 0 Å². The van der Waals surface area contributed by atoms with Crippen LogP contribution in [-0.2, 0) is 4.79 Å². The molecule has 0 spiro atoms. The van der Waals surface area contributed by atoms with E-state index in [4.69, 9.17) is 9.84 Å². The van der Waals surface area contributed by atoms with E-state index in [0.29, 0.717) is 38.3 Å². The second-order valence-electron chi connectivity index (χ2n) is 5.93. The number of halogens is 1. The first kappa shape index (κ1) is 17.1. The van der Waals surface area contributed by atoms with E-state index in [1.54, 1.807) is 19.1 Å². The number of amides is 2. The van der Waals surface area contributed by atoms with Gasteiger partial charge in [-0.15, -0.1) is 0 Å². The highest BCUT2D eigenvalue weighted by Crippen LogP contribution is 2.29. The SMILES string of the molecule is CC1(C(=O)O)CCN(C(=O)NCCCOc2ccc(F)cc2)C1. The molecule has 2 rings (SSSR count). The number of benzene rings is 1. The van der Waals surface area contributed by atoms with Crippen LogP contribution in [0.25, 0.3) is 0 Å². The first-order valence-electron chi connectivity index (χ1n) is 7.55. The molecule has 1 heterocycles. The molecule has 6 nitrogen and oxygen atoms in total. The van der Waals surface area contributed by atoms with Crippen molar-refractivity contribution in [1.29, 1.82) is 0 Å². The van der Waals surface area contributed by atoms with Gasteiger partial charge in [-0.3, -0.25) is 4.79 Å². The third-order valence-electron chi connectivity index (χ3n) is 3.96. The van der Waals surface area contributed by atoms with Crippen LogP contribution in [-0.4, -0.2) is 48.2 Å². The molecule has 1 aliphatic heterocycles. The summed E-state index contributed by atoms with van der Waals surface area (Å²) in [7, 11) is 0. The Kier molecular flexibility index (Phi) is 5.41. The molecule has 1 unspecified atom stereocenters. The van der Waals surface area contributed by atoms with Gasteiger partial charge >= 0.3 is 12.0 Å². The Labute approximate surface area is 134 Å². The van der Waals surface area contributed by atoms with Gasteiger partial charge in [0.25, 0.3) is 0 Å². The largest absolute Gasteiger partial charge is 0.494 e. The fourth-order valence-corrected chi connectivity index (χ4v) is 2.41. The van der Waals surface area contributed by atoms with Gasteiger partial charge in [0.1, 0.15) is 11.6 Å². The molecule has 0 radical (unpaired) electrons. The number of aliphatic carboxylic acids is 1. The molecule has 1 fully saturated rings. The maximum absolute atomic E-state index is 12.7. The molecule has 2 amide bonds. The normalized spacial score (nSPS) is 20.3. The predicted molar refractivity (Wildman–Crippen MR) is 81.8 cm³/mol. The van der Waals surface area contributed by atoms with Crippen LogP contribution >= 0.6 is 0 Å². The summed E-state index contributed by atoms with van der Waals surface area (Å²) in [6.45, 7) is 3.15. The maximum atomic E-state index is 12.7. The number of carboxylic acids is 1. The lowest BCUT2D eigenvalue weighted by molar-refractivity contribution is -0.146. The van der Waals surface area contributed by atoms with E-state index < -0.39 is 11.4 Å². The number of hydrogen-bond acceptors (Lipinski definition) is 3. The number of hydrogen-bond donors (Lipinski definition) is 2. The molecule has 1 aromatic rings. The smallest absolute Gasteiger partial charge is 0.317 e. The van der Waals surface area contributed by atoms with Crippen LogP contribution in [0.2, 0.25) is 0 Å². The molecule has 1 aliphatic rings. The van der Waals surface area contributed by atoms with E-state index in [0.717, 1.165) is 0 Å². The average molecular weight is 324 g/mol. The van der Waals surface area contributed by atoms with Crippen molar-refractivity contribution in [2.24, 2.45) is 5.41 Å². The topological polar surface area (TPSA) is 78.9 Å². The van der Waals surface area contributed by atoms with Crippen LogP contribution in [0.1, 0.15) is 19.8 Å². The summed E-state index contributed by atoms with van der Waals surface area (Å²) in [5, 5.41) is 11.9. The van der Waals surface area contributed by atoms with Crippen molar-refractivity contribution in [3.05, 3.63) is 30.1 Å². The summed E-state index contributed by atoms with van der Waals surface area (Å²) in [6.07, 6.45) is 1.07. The third kappa shape index (κ3) is 4.58. The van der Waals surface area contributed by atoms with E-state index in [9.17, 15) is 14.0 Å². The van der Waals surface area contributed by atoms with Crippen molar-refractivity contribution in [1.82, 2.24) is 10.2 Å². The number of carbonyl (C=O) groups excluding carboxylic acids is 1. The van der Waals surface area contributed by atoms with Crippen molar-refractivity contribution < 1.29 is 23.8 Å². The zero-order valence-corrected chi connectivity index (χ0v) is 13.0. The minimum atomic E-state index is -0.875. The number of likely N-dealkylation sites (tertiary alicyclic amines) is 1. The Morgan fingerprint density at radius 2 is 2.09 bits per heavy atom. The Bertz CT molecular complexity index is 564. The molecular weight excluding hydrogens is 303 g/mol. The fraction of sp³-hybridized carbons (Fsp3) is 0.500. The number of carbonyl (C=O) groups is 2. The van der Waals surface area contributed by atoms with Crippen LogP contribution in [0.3, 0.4) is 0 Å². The monoisotopic (exact) mass is 324 g/mol. The van der Waals surface area contributed by atoms with Crippen molar-refractivity contribution in [3.8, 4) is 5.75 Å². The highest BCUT2D eigenvalue weighted by atomic mass is 19.1. The molecular formula is C16H21FN2O4. The number of carboxylic acid groups (broad SMARTS) is 1. The van der Waals surface area contributed by atoms with Crippen LogP contribution in [0.4, 0.5) is 9.18 Å². The van der Waals surface area contributed by atoms with Gasteiger partial charge in [0.2, 0.25) is 0 Å². The van der Waals surface area contributed by atoms with Crippen LogP contribution in [0, 0.1) is 11.2 Å². The van der Waals surface area contributed by atoms with Gasteiger partial charge in [0.15, 0.2) is 0 Å². The number of ether oxygens (including phenoxy) is 1. The molecule has 0 aliphatic carbocycles. The summed E-state index contributed by atoms with van der Waals surface area (Å²) >= 11 is 0. The van der Waals surface area contributed by atoms with Crippen LogP contribution in [0.15, 0.2) is 24.3 Å². The third-order valence-corrected chi connectivity index (χ3v) is 3.96. The molecule has 2 N–H and O–H groups in total. The number of rotatable bonds is 6. The Morgan fingerprint density at radius 1 is 1.39 bits per heavy atom. The van der Waals surface area contributed by atoms with Crippen LogP contribution in [0.5, 0.6) is 5.75 Å². The quantitative estimate of drug-likeness (QED) is 0.786. The van der Waals surface area contributed by atoms with Crippen molar-refractivity contribution in [3.63, 3.8) is 0 Å². The average Bonchev–Trinajstić information content (AvgIpc) is 2.93. The molecule has 126 valence electrons. The summed E-state index contributed by atoms with van der Waals surface area (Å²) in [4.78, 5) is 24.6. The van der Waals surface area contributed by atoms with Gasteiger partial charge in [0.05, 0.1) is 12.0 Å². The summed E-state index contributed by atoms with van der Waals surface area (Å²) < 4.78 is 18.2. The molecule has 1 aromatic carbocycles. The number of nitrogens with zero attached hydrogens (tertiary/aromatic N) is 1. The molecule has 0 aromatic heterocycles. The van der Waals surface area contributed by atoms with Crippen molar-refractivity contribution in [2.75, 3.05) is 26.2 Å². The zero-order chi connectivity index (χ0) is 16.9. The standard InChI is InChI=1S/C16H21FN2O4/c1-16(14(20)21)7-9-19(11-16)15(22)18-8-2-10-23-13-5-3-12(17)4-6-13/h3-6H,2,7-11H2,1H3,(H,18,22)(H,20,21). The second-order valence-corrected chi connectivity index (χ2v) is 5.93. The lowest BCUT2D eigenvalue weighted by atomic mass is 9.90. The number of nitrogens with one attached hydrogen (secondary N) is 1. The first-order valence-corrected chi connectivity index (χ1v) is 7.55. The highest BCUT2D eigenvalue weighted by Gasteiger charge is 2.42. The van der Waals surface area contributed by atoms with Crippen molar-refractivity contribution >= 4 is 12.0 Å². The summed E-state index contributed by atoms with van der Waals surface area (Å²) in [5.41, 5.74) is -0.858. The molecule has 1 atom stereocenters. The van der Waals surface area contributed by atoms with Gasteiger partial charge in [0, 0.05) is 19.6 Å². The predicted octanol–water partition coefficient (Wildman–Crippen LogP) is 2.10. The molecule has 1 saturated heterocycles. The van der Waals surface area contributed by atoms with E-state index in [1.165, 1.54) is 17.0 Å². The fourth-order valence-electron chi connectivity index (χ4n) is 2.41. The van der Waals surface area contributed by atoms with Gasteiger partial charge in [-0.1, -0.05) is 0 Å². The lowest BCUT2D eigenvalue weighted by Crippen LogP contribution is -2.41. The Hall–Kier alpha value is -2.31. The van der Waals surface area contributed by atoms with E-state index in [1.807, 2.05) is 0 Å². The van der Waals surface area contributed by atoms with Crippen LogP contribution < -0.4 is 10.1 Å². The van der Waals surface area contributed by atoms with E-state index in [-0.39, 0.29) is 18.4 Å². The van der Waals surface area contributed by atoms with Gasteiger partial charge in [-0.25, -0.2) is 9.18 Å². The van der Waals surface area contributed by atoms with Crippen molar-refractivity contribution in [2.45, 2.75) is 19.8 Å². The zero-order valence-electron chi connectivity index (χ0n) is 13.0. The van der Waals surface area contributed by atoms with Gasteiger partial charge in [-0.05, 0) is 44.0 Å². The minimum Gasteiger partial charge on any atom is -0.494 e. The lowest BCUT2D eigenvalue weighted by Gasteiger charge is -2.20. The minimum absolute atomic E-state index is 0.222. The Balaban J connectivity index is 1.64. The Morgan fingerprint density at radius 3 is 2.70 bits per heavy atom.